The number of hydrogen-bond acceptors (Lipinski definition) is 3. The smallest absolute Gasteiger partial charge is 0.138 e. The van der Waals surface area contributed by atoms with Crippen molar-refractivity contribution in [3.63, 3.8) is 0 Å². The van der Waals surface area contributed by atoms with Crippen molar-refractivity contribution in [3.05, 3.63) is 94.5 Å². The zero-order valence-corrected chi connectivity index (χ0v) is 15.8. The Kier molecular flexibility index (Phi) is 5.60. The maximum absolute atomic E-state index is 12.8. The minimum absolute atomic E-state index is 0.0220. The summed E-state index contributed by atoms with van der Waals surface area (Å²) in [4.78, 5) is 12.8. The molecule has 0 aliphatic heterocycles. The van der Waals surface area contributed by atoms with Crippen LogP contribution in [0.4, 0.5) is 5.69 Å². The van der Waals surface area contributed by atoms with Crippen LogP contribution < -0.4 is 5.73 Å². The fourth-order valence-electron chi connectivity index (χ4n) is 3.55. The van der Waals surface area contributed by atoms with Gasteiger partial charge >= 0.3 is 0 Å². The molecule has 0 radical (unpaired) electrons. The number of benzene rings is 3. The minimum Gasteiger partial charge on any atom is -0.506 e. The van der Waals surface area contributed by atoms with E-state index >= 15 is 0 Å². The van der Waals surface area contributed by atoms with Crippen LogP contribution in [-0.4, -0.2) is 10.9 Å². The second-order valence-electron chi connectivity index (χ2n) is 7.14. The molecule has 0 amide bonds. The fraction of sp³-hybridized carbons (Fsp3) is 0.208. The third kappa shape index (κ3) is 4.56. The third-order valence-electron chi connectivity index (χ3n) is 4.93. The van der Waals surface area contributed by atoms with Crippen molar-refractivity contribution in [1.82, 2.24) is 0 Å². The molecule has 0 heterocycles. The van der Waals surface area contributed by atoms with Crippen LogP contribution in [-0.2, 0) is 11.2 Å². The first kappa shape index (κ1) is 18.7. The normalized spacial score (nSPS) is 11.9. The average Bonchev–Trinajstić information content (AvgIpc) is 2.64. The van der Waals surface area contributed by atoms with E-state index in [2.05, 4.69) is 44.2 Å². The first-order chi connectivity index (χ1) is 12.9. The number of phenolic OH excluding ortho intramolecular Hbond substituents is 1. The molecule has 138 valence electrons. The van der Waals surface area contributed by atoms with Crippen LogP contribution in [0.1, 0.15) is 40.2 Å². The second-order valence-corrected chi connectivity index (χ2v) is 7.14. The van der Waals surface area contributed by atoms with E-state index in [0.29, 0.717) is 18.5 Å². The van der Waals surface area contributed by atoms with Crippen molar-refractivity contribution < 1.29 is 9.90 Å². The van der Waals surface area contributed by atoms with E-state index in [4.69, 9.17) is 5.73 Å². The highest BCUT2D eigenvalue weighted by Gasteiger charge is 2.20. The number of carbonyl (C=O) groups excluding carboxylic acids is 1. The number of nitrogens with two attached hydrogens (primary N) is 1. The van der Waals surface area contributed by atoms with E-state index in [1.807, 2.05) is 18.2 Å². The van der Waals surface area contributed by atoms with Crippen LogP contribution in [0.2, 0.25) is 0 Å². The first-order valence-electron chi connectivity index (χ1n) is 9.15. The monoisotopic (exact) mass is 359 g/mol. The molecule has 27 heavy (non-hydrogen) atoms. The Balaban J connectivity index is 1.87. The molecule has 3 rings (SSSR count). The number of ketones is 1. The van der Waals surface area contributed by atoms with E-state index in [9.17, 15) is 9.90 Å². The van der Waals surface area contributed by atoms with Gasteiger partial charge in [0, 0.05) is 18.8 Å². The average molecular weight is 359 g/mol. The van der Waals surface area contributed by atoms with E-state index in [1.165, 1.54) is 22.8 Å². The Morgan fingerprint density at radius 1 is 1.00 bits per heavy atom. The lowest BCUT2D eigenvalue weighted by Gasteiger charge is -2.20. The van der Waals surface area contributed by atoms with E-state index in [-0.39, 0.29) is 17.5 Å². The van der Waals surface area contributed by atoms with Crippen molar-refractivity contribution in [2.75, 3.05) is 5.73 Å². The number of aromatic hydroxyl groups is 1. The zero-order chi connectivity index (χ0) is 19.4. The van der Waals surface area contributed by atoms with Gasteiger partial charge in [-0.25, -0.2) is 0 Å². The molecule has 0 saturated heterocycles. The number of phenols is 1. The summed E-state index contributed by atoms with van der Waals surface area (Å²) in [5.41, 5.74) is 11.6. The highest BCUT2D eigenvalue weighted by molar-refractivity contribution is 5.82. The Morgan fingerprint density at radius 3 is 2.41 bits per heavy atom. The first-order valence-corrected chi connectivity index (χ1v) is 9.15. The van der Waals surface area contributed by atoms with Crippen molar-refractivity contribution in [1.29, 1.82) is 0 Å². The van der Waals surface area contributed by atoms with Gasteiger partial charge in [-0.05, 0) is 48.2 Å². The Bertz CT molecular complexity index is 948. The van der Waals surface area contributed by atoms with Gasteiger partial charge in [0.25, 0.3) is 0 Å². The summed E-state index contributed by atoms with van der Waals surface area (Å²) in [5.74, 6) is 0.214. The topological polar surface area (TPSA) is 63.3 Å². The molecule has 3 heteroatoms. The number of carbonyl (C=O) groups is 1. The van der Waals surface area contributed by atoms with Crippen molar-refractivity contribution in [3.8, 4) is 5.75 Å². The maximum Gasteiger partial charge on any atom is 0.138 e. The molecular weight excluding hydrogens is 334 g/mol. The highest BCUT2D eigenvalue weighted by atomic mass is 16.3. The molecule has 0 aromatic heterocycles. The van der Waals surface area contributed by atoms with Gasteiger partial charge in [0.05, 0.1) is 5.69 Å². The summed E-state index contributed by atoms with van der Waals surface area (Å²) in [7, 11) is 0. The number of rotatable bonds is 6. The van der Waals surface area contributed by atoms with Crippen molar-refractivity contribution in [2.24, 2.45) is 0 Å². The lowest BCUT2D eigenvalue weighted by Crippen LogP contribution is -2.12. The van der Waals surface area contributed by atoms with E-state index in [1.54, 1.807) is 12.1 Å². The SMILES string of the molecule is Cc1ccc(C(CC(=O)Cc2ccc(O)c(N)c2)c2ccccc2)c(C)c1. The zero-order valence-electron chi connectivity index (χ0n) is 15.8. The van der Waals surface area contributed by atoms with Crippen LogP contribution in [0.25, 0.3) is 0 Å². The van der Waals surface area contributed by atoms with Gasteiger partial charge in [0.15, 0.2) is 0 Å². The third-order valence-corrected chi connectivity index (χ3v) is 4.93. The van der Waals surface area contributed by atoms with E-state index in [0.717, 1.165) is 11.1 Å². The molecule has 0 fully saturated rings. The minimum atomic E-state index is 0.0220. The van der Waals surface area contributed by atoms with Gasteiger partial charge in [-0.3, -0.25) is 4.79 Å². The molecule has 3 N–H and O–H groups in total. The Labute approximate surface area is 160 Å². The lowest BCUT2D eigenvalue weighted by atomic mass is 9.83. The predicted octanol–water partition coefficient (Wildman–Crippen LogP) is 4.93. The summed E-state index contributed by atoms with van der Waals surface area (Å²) in [6, 6.07) is 21.5. The number of hydrogen-bond donors (Lipinski definition) is 2. The van der Waals surface area contributed by atoms with E-state index < -0.39 is 0 Å². The van der Waals surface area contributed by atoms with Gasteiger partial charge in [-0.2, -0.15) is 0 Å². The maximum atomic E-state index is 12.8. The second kappa shape index (κ2) is 8.09. The van der Waals surface area contributed by atoms with Crippen molar-refractivity contribution >= 4 is 11.5 Å². The summed E-state index contributed by atoms with van der Waals surface area (Å²) in [5, 5.41) is 9.56. The number of nitrogen functional groups attached to an aromatic ring is 1. The number of aryl methyl sites for hydroxylation is 2. The largest absolute Gasteiger partial charge is 0.506 e. The van der Waals surface area contributed by atoms with Gasteiger partial charge in [0.1, 0.15) is 11.5 Å². The molecule has 0 aliphatic rings. The van der Waals surface area contributed by atoms with Gasteiger partial charge < -0.3 is 10.8 Å². The summed E-state index contributed by atoms with van der Waals surface area (Å²) < 4.78 is 0. The molecule has 0 saturated carbocycles. The number of Topliss-reactive ketones (excluding diaryl/α,β-unsaturated/α-hetero) is 1. The molecular formula is C24H25NO2. The molecule has 1 atom stereocenters. The molecule has 0 bridgehead atoms. The number of anilines is 1. The summed E-state index contributed by atoms with van der Waals surface area (Å²) in [6.45, 7) is 4.18. The molecule has 3 nitrogen and oxygen atoms in total. The van der Waals surface area contributed by atoms with Gasteiger partial charge in [-0.1, -0.05) is 60.2 Å². The van der Waals surface area contributed by atoms with Crippen LogP contribution in [0.15, 0.2) is 66.7 Å². The standard InChI is InChI=1S/C24H25NO2/c1-16-8-10-21(17(2)12-16)22(19-6-4-3-5-7-19)15-20(26)13-18-9-11-24(27)23(25)14-18/h3-12,14,22,27H,13,15,25H2,1-2H3. The molecule has 3 aromatic rings. The predicted molar refractivity (Wildman–Crippen MR) is 110 cm³/mol. The molecule has 0 aliphatic carbocycles. The Morgan fingerprint density at radius 2 is 1.74 bits per heavy atom. The van der Waals surface area contributed by atoms with Crippen LogP contribution in [0.3, 0.4) is 0 Å². The van der Waals surface area contributed by atoms with Crippen LogP contribution >= 0.6 is 0 Å². The van der Waals surface area contributed by atoms with Crippen molar-refractivity contribution in [2.45, 2.75) is 32.6 Å². The quantitative estimate of drug-likeness (QED) is 0.485. The van der Waals surface area contributed by atoms with Crippen LogP contribution in [0, 0.1) is 13.8 Å². The molecule has 1 unspecified atom stereocenters. The lowest BCUT2D eigenvalue weighted by molar-refractivity contribution is -0.118. The fourth-order valence-corrected chi connectivity index (χ4v) is 3.55. The Hall–Kier alpha value is -3.07. The molecule has 3 aromatic carbocycles. The summed E-state index contributed by atoms with van der Waals surface area (Å²) >= 11 is 0. The summed E-state index contributed by atoms with van der Waals surface area (Å²) in [6.07, 6.45) is 0.730. The highest BCUT2D eigenvalue weighted by Crippen LogP contribution is 2.31. The van der Waals surface area contributed by atoms with Crippen LogP contribution in [0.5, 0.6) is 5.75 Å². The van der Waals surface area contributed by atoms with Gasteiger partial charge in [0.2, 0.25) is 0 Å². The van der Waals surface area contributed by atoms with Gasteiger partial charge in [-0.15, -0.1) is 0 Å². The molecule has 0 spiro atoms.